The molecule has 1 atom stereocenters. The van der Waals surface area contributed by atoms with E-state index in [2.05, 4.69) is 10.3 Å². The zero-order chi connectivity index (χ0) is 18.0. The standard InChI is InChI=1S/C18H16ClFN4O/c1-11(25)24-5-4-17(15-3-2-14(20)7-13(15)10-24)23-18-16(19)6-12(8-21)9-22-18/h2-3,6-7,9,17H,4-5,10H2,1H3,(H,22,23). The molecule has 1 unspecified atom stereocenters. The van der Waals surface area contributed by atoms with Gasteiger partial charge in [0.2, 0.25) is 5.91 Å². The highest BCUT2D eigenvalue weighted by Gasteiger charge is 2.24. The second-order valence-electron chi connectivity index (χ2n) is 5.94. The Kier molecular flexibility index (Phi) is 4.86. The van der Waals surface area contributed by atoms with Crippen molar-refractivity contribution < 1.29 is 9.18 Å². The summed E-state index contributed by atoms with van der Waals surface area (Å²) in [5, 5.41) is 12.5. The van der Waals surface area contributed by atoms with Gasteiger partial charge >= 0.3 is 0 Å². The average Bonchev–Trinajstić information content (AvgIpc) is 2.76. The second kappa shape index (κ2) is 7.08. The van der Waals surface area contributed by atoms with E-state index in [1.54, 1.807) is 17.0 Å². The highest BCUT2D eigenvalue weighted by atomic mass is 35.5. The van der Waals surface area contributed by atoms with Crippen molar-refractivity contribution in [2.75, 3.05) is 11.9 Å². The van der Waals surface area contributed by atoms with E-state index in [1.165, 1.54) is 25.3 Å². The van der Waals surface area contributed by atoms with Crippen LogP contribution in [0.15, 0.2) is 30.5 Å². The molecule has 0 aliphatic carbocycles. The van der Waals surface area contributed by atoms with E-state index in [-0.39, 0.29) is 17.8 Å². The van der Waals surface area contributed by atoms with Crippen LogP contribution >= 0.6 is 11.6 Å². The summed E-state index contributed by atoms with van der Waals surface area (Å²) in [4.78, 5) is 17.7. The molecule has 3 rings (SSSR count). The number of aromatic nitrogens is 1. The Morgan fingerprint density at radius 3 is 2.96 bits per heavy atom. The van der Waals surface area contributed by atoms with Crippen LogP contribution in [0, 0.1) is 17.1 Å². The van der Waals surface area contributed by atoms with Gasteiger partial charge in [-0.15, -0.1) is 0 Å². The quantitative estimate of drug-likeness (QED) is 0.889. The van der Waals surface area contributed by atoms with E-state index in [4.69, 9.17) is 16.9 Å². The molecule has 0 fully saturated rings. The van der Waals surface area contributed by atoms with Gasteiger partial charge in [0.25, 0.3) is 0 Å². The highest BCUT2D eigenvalue weighted by molar-refractivity contribution is 6.33. The fourth-order valence-corrected chi connectivity index (χ4v) is 3.19. The van der Waals surface area contributed by atoms with Gasteiger partial charge < -0.3 is 10.2 Å². The monoisotopic (exact) mass is 358 g/mol. The maximum atomic E-state index is 13.7. The molecule has 5 nitrogen and oxygen atoms in total. The first-order chi connectivity index (χ1) is 12.0. The summed E-state index contributed by atoms with van der Waals surface area (Å²) in [5.74, 6) is 0.0695. The number of carbonyl (C=O) groups is 1. The minimum Gasteiger partial charge on any atom is -0.362 e. The van der Waals surface area contributed by atoms with Crippen LogP contribution in [0.2, 0.25) is 5.02 Å². The average molecular weight is 359 g/mol. The van der Waals surface area contributed by atoms with Gasteiger partial charge in [-0.05, 0) is 35.7 Å². The number of fused-ring (bicyclic) bond motifs is 1. The molecule has 0 radical (unpaired) electrons. The molecule has 128 valence electrons. The first-order valence-corrected chi connectivity index (χ1v) is 8.21. The Balaban J connectivity index is 1.94. The van der Waals surface area contributed by atoms with Gasteiger partial charge in [0.1, 0.15) is 17.7 Å². The molecule has 2 heterocycles. The number of anilines is 1. The predicted octanol–water partition coefficient (Wildman–Crippen LogP) is 3.65. The van der Waals surface area contributed by atoms with Crippen molar-refractivity contribution in [2.45, 2.75) is 25.9 Å². The normalized spacial score (nSPS) is 16.6. The zero-order valence-electron chi connectivity index (χ0n) is 13.6. The maximum Gasteiger partial charge on any atom is 0.219 e. The van der Waals surface area contributed by atoms with E-state index >= 15 is 0 Å². The number of carbonyl (C=O) groups excluding carboxylic acids is 1. The first-order valence-electron chi connectivity index (χ1n) is 7.84. The van der Waals surface area contributed by atoms with Crippen LogP contribution in [-0.2, 0) is 11.3 Å². The molecule has 1 aliphatic heterocycles. The van der Waals surface area contributed by atoms with E-state index in [0.29, 0.717) is 35.9 Å². The summed E-state index contributed by atoms with van der Waals surface area (Å²) in [6, 6.07) is 7.95. The summed E-state index contributed by atoms with van der Waals surface area (Å²) in [6.45, 7) is 2.41. The molecule has 2 aromatic rings. The number of pyridine rings is 1. The molecule has 0 saturated carbocycles. The number of nitriles is 1. The number of halogens is 2. The fourth-order valence-electron chi connectivity index (χ4n) is 2.97. The lowest BCUT2D eigenvalue weighted by atomic mass is 9.99. The van der Waals surface area contributed by atoms with Gasteiger partial charge in [0.15, 0.2) is 0 Å². The lowest BCUT2D eigenvalue weighted by Crippen LogP contribution is -2.28. The number of nitrogens with zero attached hydrogens (tertiary/aromatic N) is 3. The number of hydrogen-bond acceptors (Lipinski definition) is 4. The number of nitrogens with one attached hydrogen (secondary N) is 1. The van der Waals surface area contributed by atoms with E-state index in [9.17, 15) is 9.18 Å². The molecule has 7 heteroatoms. The number of hydrogen-bond donors (Lipinski definition) is 1. The maximum absolute atomic E-state index is 13.7. The Morgan fingerprint density at radius 2 is 2.28 bits per heavy atom. The van der Waals surface area contributed by atoms with Gasteiger partial charge in [-0.2, -0.15) is 5.26 Å². The Morgan fingerprint density at radius 1 is 1.48 bits per heavy atom. The zero-order valence-corrected chi connectivity index (χ0v) is 14.3. The molecule has 0 saturated heterocycles. The molecule has 1 amide bonds. The largest absolute Gasteiger partial charge is 0.362 e. The molecule has 0 spiro atoms. The smallest absolute Gasteiger partial charge is 0.219 e. The summed E-state index contributed by atoms with van der Waals surface area (Å²) < 4.78 is 13.7. The lowest BCUT2D eigenvalue weighted by Gasteiger charge is -2.20. The van der Waals surface area contributed by atoms with E-state index < -0.39 is 0 Å². The molecular weight excluding hydrogens is 343 g/mol. The van der Waals surface area contributed by atoms with Gasteiger partial charge in [-0.25, -0.2) is 9.37 Å². The summed E-state index contributed by atoms with van der Waals surface area (Å²) >= 11 is 6.20. The third kappa shape index (κ3) is 3.72. The van der Waals surface area contributed by atoms with Crippen molar-refractivity contribution in [1.82, 2.24) is 9.88 Å². The van der Waals surface area contributed by atoms with Crippen molar-refractivity contribution >= 4 is 23.3 Å². The minimum atomic E-state index is -0.336. The van der Waals surface area contributed by atoms with Crippen LogP contribution < -0.4 is 5.32 Å². The van der Waals surface area contributed by atoms with Crippen LogP contribution in [0.3, 0.4) is 0 Å². The number of benzene rings is 1. The van der Waals surface area contributed by atoms with E-state index in [0.717, 1.165) is 11.1 Å². The third-order valence-corrected chi connectivity index (χ3v) is 4.54. The third-order valence-electron chi connectivity index (χ3n) is 4.26. The van der Waals surface area contributed by atoms with Crippen molar-refractivity contribution in [3.05, 3.63) is 58.0 Å². The van der Waals surface area contributed by atoms with Crippen molar-refractivity contribution in [1.29, 1.82) is 5.26 Å². The summed E-state index contributed by atoms with van der Waals surface area (Å²) in [5.41, 5.74) is 2.05. The minimum absolute atomic E-state index is 0.0506. The van der Waals surface area contributed by atoms with E-state index in [1.807, 2.05) is 6.07 Å². The molecule has 1 N–H and O–H groups in total. The molecular formula is C18H16ClFN4O. The van der Waals surface area contributed by atoms with Crippen molar-refractivity contribution in [2.24, 2.45) is 0 Å². The summed E-state index contributed by atoms with van der Waals surface area (Å²) in [7, 11) is 0. The van der Waals surface area contributed by atoms with Crippen molar-refractivity contribution in [3.8, 4) is 6.07 Å². The van der Waals surface area contributed by atoms with Gasteiger partial charge in [0, 0.05) is 26.2 Å². The Labute approximate surface area is 150 Å². The molecule has 0 bridgehead atoms. The van der Waals surface area contributed by atoms with Crippen LogP contribution in [0.25, 0.3) is 0 Å². The fraction of sp³-hybridized carbons (Fsp3) is 0.278. The topological polar surface area (TPSA) is 69.0 Å². The van der Waals surface area contributed by atoms with Crippen LogP contribution in [-0.4, -0.2) is 22.3 Å². The predicted molar refractivity (Wildman–Crippen MR) is 92.4 cm³/mol. The van der Waals surface area contributed by atoms with Crippen LogP contribution in [0.4, 0.5) is 10.2 Å². The van der Waals surface area contributed by atoms with Gasteiger partial charge in [-0.3, -0.25) is 4.79 Å². The Hall–Kier alpha value is -2.65. The highest BCUT2D eigenvalue weighted by Crippen LogP contribution is 2.32. The van der Waals surface area contributed by atoms with Crippen LogP contribution in [0.5, 0.6) is 0 Å². The molecule has 25 heavy (non-hydrogen) atoms. The lowest BCUT2D eigenvalue weighted by molar-refractivity contribution is -0.129. The number of rotatable bonds is 2. The van der Waals surface area contributed by atoms with Crippen LogP contribution in [0.1, 0.15) is 36.1 Å². The first kappa shape index (κ1) is 17.2. The molecule has 1 aliphatic rings. The second-order valence-corrected chi connectivity index (χ2v) is 6.34. The van der Waals surface area contributed by atoms with Gasteiger partial charge in [0.05, 0.1) is 16.6 Å². The Bertz CT molecular complexity index is 865. The summed E-state index contributed by atoms with van der Waals surface area (Å²) in [6.07, 6.45) is 2.08. The van der Waals surface area contributed by atoms with Crippen molar-refractivity contribution in [3.63, 3.8) is 0 Å². The van der Waals surface area contributed by atoms with Gasteiger partial charge in [-0.1, -0.05) is 17.7 Å². The SMILES string of the molecule is CC(=O)N1CCC(Nc2ncc(C#N)cc2Cl)c2ccc(F)cc2C1. The molecule has 1 aromatic carbocycles. The number of amides is 1. The molecule has 1 aromatic heterocycles.